The minimum Gasteiger partial charge on any atom is -0.387 e. The molecule has 3 heteroatoms. The molecule has 0 fully saturated rings. The average Bonchev–Trinajstić information content (AvgIpc) is 2.51. The van der Waals surface area contributed by atoms with Crippen LogP contribution in [0.4, 0.5) is 0 Å². The highest BCUT2D eigenvalue weighted by Crippen LogP contribution is 2.40. The minimum absolute atomic E-state index is 0.181. The third-order valence-corrected chi connectivity index (χ3v) is 4.94. The van der Waals surface area contributed by atoms with Crippen molar-refractivity contribution in [2.24, 2.45) is 0 Å². The van der Waals surface area contributed by atoms with Gasteiger partial charge in [0.1, 0.15) is 0 Å². The number of rotatable bonds is 6. The van der Waals surface area contributed by atoms with Crippen molar-refractivity contribution >= 4 is 0 Å². The van der Waals surface area contributed by atoms with Gasteiger partial charge in [0.25, 0.3) is 0 Å². The third kappa shape index (κ3) is 3.47. The topological polar surface area (TPSA) is 32.7 Å². The van der Waals surface area contributed by atoms with Crippen molar-refractivity contribution in [3.8, 4) is 0 Å². The monoisotopic (exact) mass is 291 g/mol. The normalized spacial score (nSPS) is 26.7. The van der Waals surface area contributed by atoms with Crippen molar-refractivity contribution in [1.29, 1.82) is 0 Å². The van der Waals surface area contributed by atoms with Gasteiger partial charge in [-0.3, -0.25) is 4.90 Å². The maximum atomic E-state index is 10.9. The van der Waals surface area contributed by atoms with Crippen molar-refractivity contribution < 1.29 is 9.84 Å². The molecule has 2 rings (SSSR count). The predicted molar refractivity (Wildman–Crippen MR) is 86.6 cm³/mol. The number of benzene rings is 1. The molecule has 4 atom stereocenters. The first-order chi connectivity index (χ1) is 10.1. The van der Waals surface area contributed by atoms with Crippen molar-refractivity contribution in [3.05, 3.63) is 35.4 Å². The maximum Gasteiger partial charge on any atom is 0.0948 e. The van der Waals surface area contributed by atoms with Gasteiger partial charge in [-0.2, -0.15) is 0 Å². The van der Waals surface area contributed by atoms with E-state index in [0.29, 0.717) is 18.6 Å². The zero-order valence-corrected chi connectivity index (χ0v) is 13.7. The summed E-state index contributed by atoms with van der Waals surface area (Å²) < 4.78 is 5.27. The summed E-state index contributed by atoms with van der Waals surface area (Å²) in [5.74, 6) is 0.490. The van der Waals surface area contributed by atoms with Gasteiger partial charge in [0.2, 0.25) is 0 Å². The molecule has 0 bridgehead atoms. The van der Waals surface area contributed by atoms with E-state index in [1.54, 1.807) is 7.11 Å². The van der Waals surface area contributed by atoms with Gasteiger partial charge in [-0.1, -0.05) is 38.1 Å². The van der Waals surface area contributed by atoms with Gasteiger partial charge in [0.05, 0.1) is 12.7 Å². The number of aliphatic hydroxyl groups is 1. The molecule has 3 nitrogen and oxygen atoms in total. The molecule has 4 unspecified atom stereocenters. The first-order valence-corrected chi connectivity index (χ1v) is 8.11. The van der Waals surface area contributed by atoms with Crippen LogP contribution in [-0.4, -0.2) is 42.4 Å². The second-order valence-electron chi connectivity index (χ2n) is 6.27. The lowest BCUT2D eigenvalue weighted by atomic mass is 9.78. The van der Waals surface area contributed by atoms with Crippen LogP contribution in [0.15, 0.2) is 24.3 Å². The molecular weight excluding hydrogens is 262 g/mol. The highest BCUT2D eigenvalue weighted by molar-refractivity contribution is 5.35. The van der Waals surface area contributed by atoms with E-state index in [9.17, 15) is 5.11 Å². The Morgan fingerprint density at radius 2 is 2.00 bits per heavy atom. The second-order valence-corrected chi connectivity index (χ2v) is 6.27. The van der Waals surface area contributed by atoms with Gasteiger partial charge in [-0.15, -0.1) is 0 Å². The summed E-state index contributed by atoms with van der Waals surface area (Å²) in [6.45, 7) is 8.30. The van der Waals surface area contributed by atoms with Gasteiger partial charge in [-0.25, -0.2) is 0 Å². The molecule has 1 aliphatic carbocycles. The van der Waals surface area contributed by atoms with E-state index in [-0.39, 0.29) is 6.04 Å². The number of methoxy groups -OCH3 is 1. The van der Waals surface area contributed by atoms with E-state index >= 15 is 0 Å². The molecule has 0 amide bonds. The highest BCUT2D eigenvalue weighted by atomic mass is 16.5. The Bertz CT molecular complexity index is 449. The minimum atomic E-state index is -0.400. The first-order valence-electron chi connectivity index (χ1n) is 8.11. The number of hydrogen-bond donors (Lipinski definition) is 1. The van der Waals surface area contributed by atoms with Crippen LogP contribution < -0.4 is 0 Å². The van der Waals surface area contributed by atoms with E-state index in [0.717, 1.165) is 24.9 Å². The van der Waals surface area contributed by atoms with Gasteiger partial charge < -0.3 is 9.84 Å². The van der Waals surface area contributed by atoms with Gasteiger partial charge in [0.15, 0.2) is 0 Å². The van der Waals surface area contributed by atoms with Crippen LogP contribution in [0, 0.1) is 0 Å². The number of fused-ring (bicyclic) bond motifs is 1. The van der Waals surface area contributed by atoms with E-state index in [4.69, 9.17) is 4.74 Å². The molecule has 21 heavy (non-hydrogen) atoms. The van der Waals surface area contributed by atoms with E-state index in [1.807, 2.05) is 6.07 Å². The average molecular weight is 291 g/mol. The predicted octanol–water partition coefficient (Wildman–Crippen LogP) is 3.34. The zero-order chi connectivity index (χ0) is 15.4. The molecule has 1 aliphatic rings. The lowest BCUT2D eigenvalue weighted by Gasteiger charge is -2.43. The summed E-state index contributed by atoms with van der Waals surface area (Å²) in [5.41, 5.74) is 2.41. The maximum absolute atomic E-state index is 10.9. The SMILES string of the molecule is CCC(C)N(CCOC)C1CC(C)c2ccccc2C1O. The molecule has 0 saturated heterocycles. The molecule has 0 radical (unpaired) electrons. The molecule has 0 aliphatic heterocycles. The zero-order valence-electron chi connectivity index (χ0n) is 13.7. The summed E-state index contributed by atoms with van der Waals surface area (Å²) in [5, 5.41) is 10.9. The van der Waals surface area contributed by atoms with Crippen molar-refractivity contribution in [2.45, 2.75) is 57.7 Å². The third-order valence-electron chi connectivity index (χ3n) is 4.94. The molecule has 1 aromatic rings. The Morgan fingerprint density at radius 3 is 2.62 bits per heavy atom. The Morgan fingerprint density at radius 1 is 1.33 bits per heavy atom. The first kappa shape index (κ1) is 16.5. The number of aliphatic hydroxyl groups excluding tert-OH is 1. The lowest BCUT2D eigenvalue weighted by Crippen LogP contribution is -2.48. The van der Waals surface area contributed by atoms with Crippen LogP contribution in [0.2, 0.25) is 0 Å². The largest absolute Gasteiger partial charge is 0.387 e. The van der Waals surface area contributed by atoms with Crippen molar-refractivity contribution in [1.82, 2.24) is 4.90 Å². The van der Waals surface area contributed by atoms with Crippen LogP contribution in [0.1, 0.15) is 56.8 Å². The quantitative estimate of drug-likeness (QED) is 0.872. The van der Waals surface area contributed by atoms with Gasteiger partial charge >= 0.3 is 0 Å². The Balaban J connectivity index is 2.26. The number of ether oxygens (including phenoxy) is 1. The van der Waals surface area contributed by atoms with Crippen LogP contribution in [0.25, 0.3) is 0 Å². The van der Waals surface area contributed by atoms with Crippen LogP contribution in [0.3, 0.4) is 0 Å². The fraction of sp³-hybridized carbons (Fsp3) is 0.667. The summed E-state index contributed by atoms with van der Waals surface area (Å²) in [6.07, 6.45) is 1.69. The van der Waals surface area contributed by atoms with Gasteiger partial charge in [-0.05, 0) is 36.8 Å². The van der Waals surface area contributed by atoms with Crippen molar-refractivity contribution in [2.75, 3.05) is 20.3 Å². The molecule has 0 heterocycles. The molecule has 0 saturated carbocycles. The number of hydrogen-bond acceptors (Lipinski definition) is 3. The molecule has 0 spiro atoms. The standard InChI is InChI=1S/C18H29NO2/c1-5-14(3)19(10-11-21-4)17-12-13(2)15-8-6-7-9-16(15)18(17)20/h6-9,13-14,17-18,20H,5,10-12H2,1-4H3. The summed E-state index contributed by atoms with van der Waals surface area (Å²) >= 11 is 0. The van der Waals surface area contributed by atoms with E-state index in [2.05, 4.69) is 43.9 Å². The summed E-state index contributed by atoms with van der Waals surface area (Å²) in [6, 6.07) is 8.97. The molecule has 1 N–H and O–H groups in total. The molecule has 1 aromatic carbocycles. The van der Waals surface area contributed by atoms with Gasteiger partial charge in [0, 0.05) is 25.7 Å². The lowest BCUT2D eigenvalue weighted by molar-refractivity contribution is -0.00217. The fourth-order valence-electron chi connectivity index (χ4n) is 3.52. The molecule has 0 aromatic heterocycles. The summed E-state index contributed by atoms with van der Waals surface area (Å²) in [4.78, 5) is 2.43. The number of nitrogens with zero attached hydrogens (tertiary/aromatic N) is 1. The summed E-state index contributed by atoms with van der Waals surface area (Å²) in [7, 11) is 1.74. The molecule has 118 valence electrons. The van der Waals surface area contributed by atoms with E-state index < -0.39 is 6.10 Å². The second kappa shape index (κ2) is 7.39. The Kier molecular flexibility index (Phi) is 5.80. The smallest absolute Gasteiger partial charge is 0.0948 e. The van der Waals surface area contributed by atoms with Crippen LogP contribution >= 0.6 is 0 Å². The van der Waals surface area contributed by atoms with Crippen molar-refractivity contribution in [3.63, 3.8) is 0 Å². The highest BCUT2D eigenvalue weighted by Gasteiger charge is 2.36. The fourth-order valence-corrected chi connectivity index (χ4v) is 3.52. The van der Waals surface area contributed by atoms with Crippen LogP contribution in [-0.2, 0) is 4.74 Å². The Hall–Kier alpha value is -0.900. The molecular formula is C18H29NO2. The Labute approximate surface area is 128 Å². The van der Waals surface area contributed by atoms with E-state index in [1.165, 1.54) is 5.56 Å². The van der Waals surface area contributed by atoms with Crippen LogP contribution in [0.5, 0.6) is 0 Å².